The van der Waals surface area contributed by atoms with E-state index in [0.29, 0.717) is 28.2 Å². The van der Waals surface area contributed by atoms with Crippen molar-refractivity contribution >= 4 is 29.0 Å². The zero-order valence-electron chi connectivity index (χ0n) is 13.2. The van der Waals surface area contributed by atoms with Gasteiger partial charge < -0.3 is 14.8 Å². The van der Waals surface area contributed by atoms with Gasteiger partial charge in [0.15, 0.2) is 5.82 Å². The molecule has 5 nitrogen and oxygen atoms in total. The molecule has 2 aromatic heterocycles. The summed E-state index contributed by atoms with van der Waals surface area (Å²) in [4.78, 5) is 16.2. The number of aromatic nitrogens is 2. The highest BCUT2D eigenvalue weighted by Crippen LogP contribution is 2.34. The van der Waals surface area contributed by atoms with Gasteiger partial charge in [-0.15, -0.1) is 0 Å². The van der Waals surface area contributed by atoms with E-state index in [0.717, 1.165) is 12.8 Å². The number of hydrogen-bond acceptors (Lipinski definition) is 3. The molecule has 1 aromatic carbocycles. The normalized spacial score (nSPS) is 14.0. The fourth-order valence-electron chi connectivity index (χ4n) is 2.81. The maximum Gasteiger partial charge on any atom is 0.228 e. The lowest BCUT2D eigenvalue weighted by Gasteiger charge is -2.11. The van der Waals surface area contributed by atoms with Gasteiger partial charge in [0.1, 0.15) is 11.5 Å². The number of pyridine rings is 1. The van der Waals surface area contributed by atoms with Gasteiger partial charge in [0.25, 0.3) is 0 Å². The van der Waals surface area contributed by atoms with Crippen molar-refractivity contribution in [2.24, 2.45) is 5.92 Å². The van der Waals surface area contributed by atoms with Crippen LogP contribution in [0.4, 0.5) is 10.2 Å². The van der Waals surface area contributed by atoms with Crippen LogP contribution in [0.1, 0.15) is 18.4 Å². The fraction of sp³-hybridized carbons (Fsp3) is 0.222. The summed E-state index contributed by atoms with van der Waals surface area (Å²) in [5, 5.41) is 12.3. The summed E-state index contributed by atoms with van der Waals surface area (Å²) in [5.74, 6) is 0.0108. The molecule has 25 heavy (non-hydrogen) atoms. The van der Waals surface area contributed by atoms with E-state index < -0.39 is 5.82 Å². The van der Waals surface area contributed by atoms with Crippen LogP contribution >= 0.6 is 11.6 Å². The average Bonchev–Trinajstić information content (AvgIpc) is 3.37. The molecule has 0 radical (unpaired) electrons. The van der Waals surface area contributed by atoms with Gasteiger partial charge in [0.05, 0.1) is 17.8 Å². The molecular weight excluding hydrogens is 345 g/mol. The van der Waals surface area contributed by atoms with Gasteiger partial charge in [-0.3, -0.25) is 4.79 Å². The Morgan fingerprint density at radius 1 is 1.32 bits per heavy atom. The maximum atomic E-state index is 13.8. The summed E-state index contributed by atoms with van der Waals surface area (Å²) in [7, 11) is 0. The lowest BCUT2D eigenvalue weighted by molar-refractivity contribution is -0.117. The summed E-state index contributed by atoms with van der Waals surface area (Å²) in [6.07, 6.45) is 5.29. The number of rotatable bonds is 4. The van der Waals surface area contributed by atoms with Gasteiger partial charge in [-0.2, -0.15) is 0 Å². The van der Waals surface area contributed by atoms with E-state index >= 15 is 0 Å². The van der Waals surface area contributed by atoms with E-state index in [1.807, 2.05) is 0 Å². The van der Waals surface area contributed by atoms with Crippen LogP contribution in [0.2, 0.25) is 5.02 Å². The number of benzene rings is 1. The molecule has 0 spiro atoms. The number of carbonyl (C=O) groups excluding carboxylic acids is 1. The fourth-order valence-corrected chi connectivity index (χ4v) is 3.10. The summed E-state index contributed by atoms with van der Waals surface area (Å²) < 4.78 is 15.6. The molecule has 0 unspecified atom stereocenters. The number of amides is 1. The monoisotopic (exact) mass is 359 g/mol. The van der Waals surface area contributed by atoms with E-state index in [4.69, 9.17) is 11.6 Å². The van der Waals surface area contributed by atoms with Crippen LogP contribution in [-0.2, 0) is 11.4 Å². The average molecular weight is 360 g/mol. The number of anilines is 1. The molecule has 1 saturated carbocycles. The summed E-state index contributed by atoms with van der Waals surface area (Å²) in [6, 6.07) is 6.26. The summed E-state index contributed by atoms with van der Waals surface area (Å²) in [5.41, 5.74) is 2.28. The molecule has 2 heterocycles. The first kappa shape index (κ1) is 16.1. The maximum absolute atomic E-state index is 13.8. The third kappa shape index (κ3) is 2.99. The molecule has 4 rings (SSSR count). The second kappa shape index (κ2) is 6.13. The Labute approximate surface area is 148 Å². The molecular formula is C18H15ClFN3O2. The third-order valence-corrected chi connectivity index (χ3v) is 4.66. The Bertz CT molecular complexity index is 982. The number of hydrogen-bond donors (Lipinski definition) is 2. The van der Waals surface area contributed by atoms with Crippen LogP contribution in [0, 0.1) is 11.7 Å². The number of fused-ring (bicyclic) bond motifs is 1. The zero-order valence-corrected chi connectivity index (χ0v) is 13.9. The SMILES string of the molecule is O=C(Nc1cn2cc(-c3c(CO)ccc(F)c3Cl)ccc2n1)C1CC1. The molecule has 0 aliphatic heterocycles. The topological polar surface area (TPSA) is 66.6 Å². The molecule has 0 saturated heterocycles. The van der Waals surface area contributed by atoms with Gasteiger partial charge in [0.2, 0.25) is 5.91 Å². The Hall–Kier alpha value is -2.44. The van der Waals surface area contributed by atoms with Crippen LogP contribution in [0.25, 0.3) is 16.8 Å². The Morgan fingerprint density at radius 3 is 2.84 bits per heavy atom. The molecule has 3 aromatic rings. The van der Waals surface area contributed by atoms with Crippen molar-refractivity contribution in [2.45, 2.75) is 19.4 Å². The molecule has 1 aliphatic carbocycles. The standard InChI is InChI=1S/C18H15ClFN3O2/c19-17-13(20)5-3-12(9-24)16(17)11-4-6-15-21-14(8-23(15)7-11)22-18(25)10-1-2-10/h3-8,10,24H,1-2,9H2,(H,22,25). The van der Waals surface area contributed by atoms with E-state index in [-0.39, 0.29) is 23.5 Å². The summed E-state index contributed by atoms with van der Waals surface area (Å²) >= 11 is 6.11. The number of nitrogens with one attached hydrogen (secondary N) is 1. The van der Waals surface area contributed by atoms with Gasteiger partial charge in [-0.1, -0.05) is 17.7 Å². The van der Waals surface area contributed by atoms with E-state index in [2.05, 4.69) is 10.3 Å². The van der Waals surface area contributed by atoms with Crippen LogP contribution in [-0.4, -0.2) is 20.4 Å². The quantitative estimate of drug-likeness (QED) is 0.747. The van der Waals surface area contributed by atoms with Gasteiger partial charge in [0, 0.05) is 23.2 Å². The molecule has 128 valence electrons. The van der Waals surface area contributed by atoms with E-state index in [1.165, 1.54) is 12.1 Å². The number of imidazole rings is 1. The Morgan fingerprint density at radius 2 is 2.12 bits per heavy atom. The lowest BCUT2D eigenvalue weighted by Crippen LogP contribution is -2.13. The summed E-state index contributed by atoms with van der Waals surface area (Å²) in [6.45, 7) is -0.250. The zero-order chi connectivity index (χ0) is 17.6. The van der Waals surface area contributed by atoms with Crippen molar-refractivity contribution in [2.75, 3.05) is 5.32 Å². The van der Waals surface area contributed by atoms with Crippen molar-refractivity contribution in [3.63, 3.8) is 0 Å². The number of aliphatic hydroxyl groups is 1. The molecule has 1 aliphatic rings. The van der Waals surface area contributed by atoms with Gasteiger partial charge in [-0.25, -0.2) is 9.37 Å². The first-order valence-corrected chi connectivity index (χ1v) is 8.32. The number of carbonyl (C=O) groups is 1. The Kier molecular flexibility index (Phi) is 3.94. The predicted octanol–water partition coefficient (Wildman–Crippen LogP) is 3.63. The first-order chi connectivity index (χ1) is 12.1. The van der Waals surface area contributed by atoms with Crippen LogP contribution in [0.3, 0.4) is 0 Å². The smallest absolute Gasteiger partial charge is 0.228 e. The lowest BCUT2D eigenvalue weighted by atomic mass is 10.0. The molecule has 0 bridgehead atoms. The van der Waals surface area contributed by atoms with Crippen LogP contribution in [0.5, 0.6) is 0 Å². The first-order valence-electron chi connectivity index (χ1n) is 7.94. The van der Waals surface area contributed by atoms with E-state index in [1.54, 1.807) is 28.9 Å². The van der Waals surface area contributed by atoms with Crippen molar-refractivity contribution in [3.05, 3.63) is 53.1 Å². The molecule has 0 atom stereocenters. The van der Waals surface area contributed by atoms with Crippen molar-refractivity contribution in [1.29, 1.82) is 0 Å². The highest BCUT2D eigenvalue weighted by Gasteiger charge is 2.30. The minimum atomic E-state index is -0.544. The molecule has 1 amide bonds. The second-order valence-electron chi connectivity index (χ2n) is 6.13. The highest BCUT2D eigenvalue weighted by atomic mass is 35.5. The molecule has 1 fully saturated rings. The van der Waals surface area contributed by atoms with Gasteiger partial charge in [-0.05, 0) is 36.6 Å². The molecule has 7 heteroatoms. The largest absolute Gasteiger partial charge is 0.392 e. The second-order valence-corrected chi connectivity index (χ2v) is 6.50. The highest BCUT2D eigenvalue weighted by molar-refractivity contribution is 6.33. The van der Waals surface area contributed by atoms with Crippen molar-refractivity contribution in [3.8, 4) is 11.1 Å². The number of aliphatic hydroxyl groups excluding tert-OH is 1. The predicted molar refractivity (Wildman–Crippen MR) is 92.9 cm³/mol. The van der Waals surface area contributed by atoms with Crippen LogP contribution < -0.4 is 5.32 Å². The minimum absolute atomic E-state index is 0.0145. The third-order valence-electron chi connectivity index (χ3n) is 4.29. The number of nitrogens with zero attached hydrogens (tertiary/aromatic N) is 2. The number of halogens is 2. The van der Waals surface area contributed by atoms with Gasteiger partial charge >= 0.3 is 0 Å². The Balaban J connectivity index is 1.74. The minimum Gasteiger partial charge on any atom is -0.392 e. The van der Waals surface area contributed by atoms with E-state index in [9.17, 15) is 14.3 Å². The molecule has 2 N–H and O–H groups in total. The van der Waals surface area contributed by atoms with Crippen LogP contribution in [0.15, 0.2) is 36.7 Å². The van der Waals surface area contributed by atoms with Crippen molar-refractivity contribution < 1.29 is 14.3 Å². The van der Waals surface area contributed by atoms with Crippen molar-refractivity contribution in [1.82, 2.24) is 9.38 Å².